The minimum atomic E-state index is -0.476. The lowest BCUT2D eigenvalue weighted by Gasteiger charge is -2.09. The van der Waals surface area contributed by atoms with Crippen LogP contribution in [0.25, 0.3) is 11.3 Å². The number of hydrogen-bond donors (Lipinski definition) is 2. The molecule has 0 atom stereocenters. The summed E-state index contributed by atoms with van der Waals surface area (Å²) in [7, 11) is 0. The Hall–Kier alpha value is -3.85. The number of amides is 2. The predicted octanol–water partition coefficient (Wildman–Crippen LogP) is 4.96. The average molecular weight is 421 g/mol. The van der Waals surface area contributed by atoms with Crippen molar-refractivity contribution in [3.63, 3.8) is 0 Å². The van der Waals surface area contributed by atoms with E-state index in [-0.39, 0.29) is 18.1 Å². The summed E-state index contributed by atoms with van der Waals surface area (Å²) in [6, 6.07) is 13.4. The van der Waals surface area contributed by atoms with Crippen molar-refractivity contribution in [2.45, 2.75) is 6.61 Å². The van der Waals surface area contributed by atoms with Crippen molar-refractivity contribution in [2.75, 3.05) is 10.6 Å². The van der Waals surface area contributed by atoms with Crippen molar-refractivity contribution < 1.29 is 13.9 Å². The molecule has 0 aliphatic heterocycles. The fourth-order valence-corrected chi connectivity index (χ4v) is 3.32. The van der Waals surface area contributed by atoms with E-state index in [0.717, 1.165) is 11.3 Å². The first-order valence-corrected chi connectivity index (χ1v) is 9.81. The lowest BCUT2D eigenvalue weighted by molar-refractivity contribution is 0.262. The fraction of sp³-hybridized carbons (Fsp3) is 0.0476. The van der Waals surface area contributed by atoms with Gasteiger partial charge in [-0.15, -0.1) is 11.3 Å². The average Bonchev–Trinajstić information content (AvgIpc) is 3.24. The Bertz CT molecular complexity index is 1140. The summed E-state index contributed by atoms with van der Waals surface area (Å²) in [5.41, 5.74) is 2.44. The Morgan fingerprint density at radius 2 is 1.97 bits per heavy atom. The minimum absolute atomic E-state index is 0.0470. The van der Waals surface area contributed by atoms with Crippen LogP contribution in [0, 0.1) is 5.82 Å². The van der Waals surface area contributed by atoms with Crippen LogP contribution in [-0.4, -0.2) is 21.0 Å². The molecule has 0 radical (unpaired) electrons. The van der Waals surface area contributed by atoms with Gasteiger partial charge in [-0.1, -0.05) is 30.3 Å². The lowest BCUT2D eigenvalue weighted by atomic mass is 10.2. The van der Waals surface area contributed by atoms with E-state index in [9.17, 15) is 9.18 Å². The zero-order valence-corrected chi connectivity index (χ0v) is 16.4. The van der Waals surface area contributed by atoms with Gasteiger partial charge in [0, 0.05) is 34.6 Å². The molecule has 2 aromatic heterocycles. The van der Waals surface area contributed by atoms with E-state index in [1.165, 1.54) is 48.1 Å². The van der Waals surface area contributed by atoms with Crippen molar-refractivity contribution >= 4 is 28.2 Å². The second-order valence-electron chi connectivity index (χ2n) is 6.12. The van der Waals surface area contributed by atoms with Gasteiger partial charge >= 0.3 is 6.03 Å². The topological polar surface area (TPSA) is 89.0 Å². The number of nitrogens with zero attached hydrogens (tertiary/aromatic N) is 3. The van der Waals surface area contributed by atoms with Gasteiger partial charge in [0.15, 0.2) is 5.13 Å². The number of halogens is 1. The first-order valence-electron chi connectivity index (χ1n) is 8.93. The maximum Gasteiger partial charge on any atom is 0.325 e. The summed E-state index contributed by atoms with van der Waals surface area (Å²) in [6.07, 6.45) is 4.43. The minimum Gasteiger partial charge on any atom is -0.472 e. The van der Waals surface area contributed by atoms with Crippen LogP contribution in [0.3, 0.4) is 0 Å². The largest absolute Gasteiger partial charge is 0.472 e. The van der Waals surface area contributed by atoms with E-state index < -0.39 is 11.8 Å². The number of benzene rings is 2. The molecule has 0 bridgehead atoms. The number of rotatable bonds is 6. The quantitative estimate of drug-likeness (QED) is 0.459. The molecule has 2 heterocycles. The summed E-state index contributed by atoms with van der Waals surface area (Å²) >= 11 is 1.32. The van der Waals surface area contributed by atoms with E-state index in [0.29, 0.717) is 10.8 Å². The zero-order valence-electron chi connectivity index (χ0n) is 15.6. The van der Waals surface area contributed by atoms with Crippen LogP contribution in [0.2, 0.25) is 0 Å². The number of aromatic nitrogens is 3. The first-order chi connectivity index (χ1) is 14.7. The summed E-state index contributed by atoms with van der Waals surface area (Å²) in [5, 5.41) is 7.68. The molecule has 2 aromatic carbocycles. The summed E-state index contributed by atoms with van der Waals surface area (Å²) in [4.78, 5) is 24.6. The summed E-state index contributed by atoms with van der Waals surface area (Å²) in [6.45, 7) is -0.0470. The normalized spacial score (nSPS) is 10.4. The maximum atomic E-state index is 14.1. The number of carbonyl (C=O) groups excluding carboxylic acids is 1. The van der Waals surface area contributed by atoms with Crippen LogP contribution >= 0.6 is 11.3 Å². The third kappa shape index (κ3) is 4.95. The Morgan fingerprint density at radius 1 is 1.10 bits per heavy atom. The number of nitrogens with one attached hydrogen (secondary N) is 2. The van der Waals surface area contributed by atoms with Crippen molar-refractivity contribution in [2.24, 2.45) is 0 Å². The zero-order chi connectivity index (χ0) is 20.8. The van der Waals surface area contributed by atoms with Crippen LogP contribution < -0.4 is 15.4 Å². The van der Waals surface area contributed by atoms with Gasteiger partial charge in [-0.25, -0.2) is 19.2 Å². The van der Waals surface area contributed by atoms with Crippen molar-refractivity contribution in [3.05, 3.63) is 83.9 Å². The first kappa shape index (κ1) is 19.5. The molecule has 0 aliphatic carbocycles. The highest BCUT2D eigenvalue weighted by Crippen LogP contribution is 2.25. The summed E-state index contributed by atoms with van der Waals surface area (Å²) in [5.74, 6) is -0.164. The fourth-order valence-electron chi connectivity index (χ4n) is 2.61. The Kier molecular flexibility index (Phi) is 5.90. The van der Waals surface area contributed by atoms with E-state index in [1.807, 2.05) is 35.7 Å². The van der Waals surface area contributed by atoms with Crippen LogP contribution in [0.4, 0.5) is 20.0 Å². The number of urea groups is 1. The SMILES string of the molecule is O=C(Nc1ccc(F)c(COc2cnccn2)c1)Nc1nc(-c2ccccc2)cs1. The number of carbonyl (C=O) groups is 1. The monoisotopic (exact) mass is 421 g/mol. The second-order valence-corrected chi connectivity index (χ2v) is 6.98. The molecule has 9 heteroatoms. The molecular weight excluding hydrogens is 405 g/mol. The van der Waals surface area contributed by atoms with Gasteiger partial charge < -0.3 is 10.1 Å². The molecule has 7 nitrogen and oxygen atoms in total. The van der Waals surface area contributed by atoms with Crippen molar-refractivity contribution in [3.8, 4) is 17.1 Å². The van der Waals surface area contributed by atoms with Crippen LogP contribution in [0.15, 0.2) is 72.5 Å². The molecule has 2 N–H and O–H groups in total. The Labute approximate surface area is 175 Å². The molecule has 0 spiro atoms. The molecule has 0 unspecified atom stereocenters. The number of ether oxygens (including phenoxy) is 1. The number of thiazole rings is 1. The van der Waals surface area contributed by atoms with Gasteiger partial charge in [0.25, 0.3) is 0 Å². The molecule has 0 saturated heterocycles. The van der Waals surface area contributed by atoms with Gasteiger partial charge in [-0.05, 0) is 18.2 Å². The molecule has 0 aliphatic rings. The second kappa shape index (κ2) is 9.10. The maximum absolute atomic E-state index is 14.1. The Balaban J connectivity index is 1.38. The van der Waals surface area contributed by atoms with Crippen molar-refractivity contribution in [1.29, 1.82) is 0 Å². The molecule has 4 rings (SSSR count). The third-order valence-corrected chi connectivity index (χ3v) is 4.77. The van der Waals surface area contributed by atoms with Gasteiger partial charge in [0.1, 0.15) is 12.4 Å². The van der Waals surface area contributed by atoms with Gasteiger partial charge in [-0.3, -0.25) is 10.3 Å². The molecule has 0 saturated carbocycles. The van der Waals surface area contributed by atoms with E-state index in [1.54, 1.807) is 0 Å². The van der Waals surface area contributed by atoms with E-state index >= 15 is 0 Å². The standard InChI is InChI=1S/C21H16FN5O2S/c22-17-7-6-16(10-15(17)12-29-19-11-23-8-9-24-19)25-20(28)27-21-26-18(13-30-21)14-4-2-1-3-5-14/h1-11,13H,12H2,(H2,25,26,27,28). The highest BCUT2D eigenvalue weighted by Gasteiger charge is 2.10. The van der Waals surface area contributed by atoms with Crippen LogP contribution in [0.1, 0.15) is 5.56 Å². The number of anilines is 2. The summed E-state index contributed by atoms with van der Waals surface area (Å²) < 4.78 is 19.5. The number of hydrogen-bond acceptors (Lipinski definition) is 6. The van der Waals surface area contributed by atoms with Crippen LogP contribution in [0.5, 0.6) is 5.88 Å². The molecule has 150 valence electrons. The van der Waals surface area contributed by atoms with Gasteiger partial charge in [0.05, 0.1) is 11.9 Å². The third-order valence-electron chi connectivity index (χ3n) is 4.01. The highest BCUT2D eigenvalue weighted by molar-refractivity contribution is 7.14. The smallest absolute Gasteiger partial charge is 0.325 e. The lowest BCUT2D eigenvalue weighted by Crippen LogP contribution is -2.19. The molecule has 30 heavy (non-hydrogen) atoms. The van der Waals surface area contributed by atoms with Crippen LogP contribution in [-0.2, 0) is 6.61 Å². The van der Waals surface area contributed by atoms with Crippen molar-refractivity contribution in [1.82, 2.24) is 15.0 Å². The van der Waals surface area contributed by atoms with E-state index in [4.69, 9.17) is 4.74 Å². The van der Waals surface area contributed by atoms with Gasteiger partial charge in [0.2, 0.25) is 5.88 Å². The molecule has 2 amide bonds. The molecule has 0 fully saturated rings. The molecule has 4 aromatic rings. The van der Waals surface area contributed by atoms with Gasteiger partial charge in [-0.2, -0.15) is 0 Å². The Morgan fingerprint density at radius 3 is 2.77 bits per heavy atom. The predicted molar refractivity (Wildman–Crippen MR) is 113 cm³/mol. The highest BCUT2D eigenvalue weighted by atomic mass is 32.1. The molecular formula is C21H16FN5O2S. The van der Waals surface area contributed by atoms with E-state index in [2.05, 4.69) is 25.6 Å².